The van der Waals surface area contributed by atoms with Gasteiger partial charge in [-0.05, 0) is 48.4 Å². The van der Waals surface area contributed by atoms with Crippen LogP contribution in [0.2, 0.25) is 0 Å². The van der Waals surface area contributed by atoms with E-state index in [1.54, 1.807) is 12.0 Å². The van der Waals surface area contributed by atoms with Gasteiger partial charge in [-0.25, -0.2) is 0 Å². The zero-order valence-corrected chi connectivity index (χ0v) is 12.9. The molecule has 0 unspecified atom stereocenters. The first-order valence-corrected chi connectivity index (χ1v) is 7.88. The second kappa shape index (κ2) is 6.38. The second-order valence-electron chi connectivity index (χ2n) is 6.02. The predicted molar refractivity (Wildman–Crippen MR) is 82.9 cm³/mol. The number of piperazine rings is 1. The Balaban J connectivity index is 1.71. The van der Waals surface area contributed by atoms with Crippen LogP contribution in [0, 0.1) is 0 Å². The van der Waals surface area contributed by atoms with Gasteiger partial charge >= 0.3 is 0 Å². The summed E-state index contributed by atoms with van der Waals surface area (Å²) in [6.07, 6.45) is 3.67. The van der Waals surface area contributed by atoms with Crippen molar-refractivity contribution < 1.29 is 14.3 Å². The molecule has 1 saturated heterocycles. The zero-order valence-electron chi connectivity index (χ0n) is 12.9. The van der Waals surface area contributed by atoms with Gasteiger partial charge in [0.1, 0.15) is 5.75 Å². The normalized spacial score (nSPS) is 21.0. The number of amides is 2. The van der Waals surface area contributed by atoms with Crippen LogP contribution in [0.25, 0.3) is 0 Å². The molecule has 0 bridgehead atoms. The van der Waals surface area contributed by atoms with Crippen molar-refractivity contribution >= 4 is 11.8 Å². The average Bonchev–Trinajstić information content (AvgIpc) is 2.54. The molecule has 0 radical (unpaired) electrons. The maximum Gasteiger partial charge on any atom is 0.239 e. The summed E-state index contributed by atoms with van der Waals surface area (Å²) < 4.78 is 5.28. The van der Waals surface area contributed by atoms with Gasteiger partial charge in [0.15, 0.2) is 0 Å². The van der Waals surface area contributed by atoms with Crippen LogP contribution in [0.5, 0.6) is 5.75 Å². The van der Waals surface area contributed by atoms with Gasteiger partial charge in [-0.3, -0.25) is 9.59 Å². The number of carbonyl (C=O) groups is 2. The summed E-state index contributed by atoms with van der Waals surface area (Å²) >= 11 is 0. The molecular weight excluding hydrogens is 280 g/mol. The van der Waals surface area contributed by atoms with Crippen LogP contribution in [-0.2, 0) is 16.0 Å². The van der Waals surface area contributed by atoms with Crippen molar-refractivity contribution in [2.75, 3.05) is 26.7 Å². The molecule has 1 atom stereocenters. The highest BCUT2D eigenvalue weighted by molar-refractivity contribution is 5.86. The molecule has 0 aromatic heterocycles. The van der Waals surface area contributed by atoms with E-state index in [0.29, 0.717) is 19.5 Å². The fourth-order valence-electron chi connectivity index (χ4n) is 3.42. The minimum absolute atomic E-state index is 0.0617. The maximum absolute atomic E-state index is 12.5. The van der Waals surface area contributed by atoms with E-state index in [2.05, 4.69) is 17.4 Å². The van der Waals surface area contributed by atoms with Gasteiger partial charge in [0.2, 0.25) is 11.8 Å². The van der Waals surface area contributed by atoms with Crippen molar-refractivity contribution in [3.63, 3.8) is 0 Å². The lowest BCUT2D eigenvalue weighted by Gasteiger charge is -2.30. The van der Waals surface area contributed by atoms with Crippen molar-refractivity contribution in [1.82, 2.24) is 10.2 Å². The van der Waals surface area contributed by atoms with Crippen LogP contribution < -0.4 is 10.1 Å². The summed E-state index contributed by atoms with van der Waals surface area (Å²) in [5.41, 5.74) is 2.56. The number of rotatable bonds is 3. The Hall–Kier alpha value is -2.04. The second-order valence-corrected chi connectivity index (χ2v) is 6.02. The zero-order chi connectivity index (χ0) is 15.5. The van der Waals surface area contributed by atoms with Gasteiger partial charge < -0.3 is 15.0 Å². The molecule has 1 aliphatic heterocycles. The Morgan fingerprint density at radius 3 is 3.09 bits per heavy atom. The molecule has 22 heavy (non-hydrogen) atoms. The Morgan fingerprint density at radius 2 is 2.32 bits per heavy atom. The van der Waals surface area contributed by atoms with Crippen LogP contribution in [-0.4, -0.2) is 43.5 Å². The predicted octanol–water partition coefficient (Wildman–Crippen LogP) is 1.46. The van der Waals surface area contributed by atoms with Crippen molar-refractivity contribution in [2.45, 2.75) is 31.6 Å². The van der Waals surface area contributed by atoms with Gasteiger partial charge in [0, 0.05) is 19.5 Å². The minimum atomic E-state index is -0.0617. The number of nitrogens with zero attached hydrogens (tertiary/aromatic N) is 1. The van der Waals surface area contributed by atoms with Crippen molar-refractivity contribution in [2.24, 2.45) is 0 Å². The molecule has 0 spiro atoms. The summed E-state index contributed by atoms with van der Waals surface area (Å²) in [6.45, 7) is 1.37. The largest absolute Gasteiger partial charge is 0.497 e. The number of fused-ring (bicyclic) bond motifs is 1. The fourth-order valence-corrected chi connectivity index (χ4v) is 3.42. The number of carbonyl (C=O) groups excluding carboxylic acids is 2. The highest BCUT2D eigenvalue weighted by Gasteiger charge is 2.27. The van der Waals surface area contributed by atoms with Crippen LogP contribution in [0.3, 0.4) is 0 Å². The van der Waals surface area contributed by atoms with E-state index in [4.69, 9.17) is 4.74 Å². The molecule has 3 rings (SSSR count). The lowest BCUT2D eigenvalue weighted by Crippen LogP contribution is -2.50. The lowest BCUT2D eigenvalue weighted by molar-refractivity contribution is -0.138. The molecule has 2 aliphatic rings. The first kappa shape index (κ1) is 14.9. The van der Waals surface area contributed by atoms with E-state index in [0.717, 1.165) is 25.0 Å². The summed E-state index contributed by atoms with van der Waals surface area (Å²) in [6, 6.07) is 6.14. The Bertz CT molecular complexity index is 585. The highest BCUT2D eigenvalue weighted by atomic mass is 16.5. The quantitative estimate of drug-likeness (QED) is 0.919. The van der Waals surface area contributed by atoms with Gasteiger partial charge in [0.05, 0.1) is 13.7 Å². The van der Waals surface area contributed by atoms with E-state index in [9.17, 15) is 9.59 Å². The number of nitrogens with one attached hydrogen (secondary N) is 1. The first-order valence-electron chi connectivity index (χ1n) is 7.88. The molecule has 5 heteroatoms. The summed E-state index contributed by atoms with van der Waals surface area (Å²) in [5, 5.41) is 2.75. The molecule has 0 saturated carbocycles. The van der Waals surface area contributed by atoms with Crippen molar-refractivity contribution in [3.8, 4) is 5.75 Å². The molecule has 1 N–H and O–H groups in total. The number of hydrogen-bond acceptors (Lipinski definition) is 3. The third-order valence-corrected chi connectivity index (χ3v) is 4.60. The Morgan fingerprint density at radius 1 is 1.45 bits per heavy atom. The van der Waals surface area contributed by atoms with Gasteiger partial charge in [-0.2, -0.15) is 0 Å². The number of ether oxygens (including phenoxy) is 1. The summed E-state index contributed by atoms with van der Waals surface area (Å²) in [5.74, 6) is 1.16. The van der Waals surface area contributed by atoms with Crippen LogP contribution in [0.15, 0.2) is 18.2 Å². The number of hydrogen-bond donors (Lipinski definition) is 1. The average molecular weight is 302 g/mol. The first-order chi connectivity index (χ1) is 10.7. The molecule has 1 aromatic rings. The van der Waals surface area contributed by atoms with Crippen LogP contribution in [0.1, 0.15) is 36.3 Å². The maximum atomic E-state index is 12.5. The standard InChI is InChI=1S/C17H22N2O3/c1-22-14-5-6-15-12(9-14)3-2-4-13(15)10-17(21)19-8-7-18-16(20)11-19/h5-6,9,13H,2-4,7-8,10-11H2,1H3,(H,18,20)/t13-/m1/s1. The van der Waals surface area contributed by atoms with E-state index >= 15 is 0 Å². The Labute approximate surface area is 130 Å². The fraction of sp³-hybridized carbons (Fsp3) is 0.529. The topological polar surface area (TPSA) is 58.6 Å². The monoisotopic (exact) mass is 302 g/mol. The molecule has 1 aliphatic carbocycles. The number of benzene rings is 1. The number of methoxy groups -OCH3 is 1. The number of aryl methyl sites for hydroxylation is 1. The smallest absolute Gasteiger partial charge is 0.239 e. The molecule has 2 amide bonds. The molecule has 1 aromatic carbocycles. The third-order valence-electron chi connectivity index (χ3n) is 4.60. The van der Waals surface area contributed by atoms with Gasteiger partial charge in [-0.15, -0.1) is 0 Å². The highest BCUT2D eigenvalue weighted by Crippen LogP contribution is 2.36. The SMILES string of the molecule is COc1ccc2c(c1)CCC[C@@H]2CC(=O)N1CCNC(=O)C1. The lowest BCUT2D eigenvalue weighted by atomic mass is 9.80. The molecule has 5 nitrogen and oxygen atoms in total. The van der Waals surface area contributed by atoms with Crippen molar-refractivity contribution in [3.05, 3.63) is 29.3 Å². The van der Waals surface area contributed by atoms with Gasteiger partial charge in [-0.1, -0.05) is 6.07 Å². The van der Waals surface area contributed by atoms with E-state index < -0.39 is 0 Å². The third kappa shape index (κ3) is 3.08. The molecule has 118 valence electrons. The summed E-state index contributed by atoms with van der Waals surface area (Å²) in [7, 11) is 1.67. The summed E-state index contributed by atoms with van der Waals surface area (Å²) in [4.78, 5) is 25.6. The van der Waals surface area contributed by atoms with Gasteiger partial charge in [0.25, 0.3) is 0 Å². The van der Waals surface area contributed by atoms with E-state index in [1.807, 2.05) is 6.07 Å². The van der Waals surface area contributed by atoms with Crippen molar-refractivity contribution in [1.29, 1.82) is 0 Å². The minimum Gasteiger partial charge on any atom is -0.497 e. The molecule has 1 fully saturated rings. The van der Waals surface area contributed by atoms with Crippen LogP contribution >= 0.6 is 0 Å². The molecule has 1 heterocycles. The molecular formula is C17H22N2O3. The van der Waals surface area contributed by atoms with E-state index in [-0.39, 0.29) is 24.3 Å². The van der Waals surface area contributed by atoms with Crippen LogP contribution in [0.4, 0.5) is 0 Å². The van der Waals surface area contributed by atoms with E-state index in [1.165, 1.54) is 11.1 Å². The Kier molecular flexibility index (Phi) is 4.32.